The number of hydrogen-bond acceptors (Lipinski definition) is 3. The van der Waals surface area contributed by atoms with E-state index in [2.05, 4.69) is 4.99 Å². The van der Waals surface area contributed by atoms with Crippen molar-refractivity contribution < 1.29 is 36.6 Å². The van der Waals surface area contributed by atoms with Crippen molar-refractivity contribution in [2.24, 2.45) is 10.9 Å². The van der Waals surface area contributed by atoms with Gasteiger partial charge in [0.15, 0.2) is 6.23 Å². The first-order valence-electron chi connectivity index (χ1n) is 5.68. The average molecular weight is 316 g/mol. The maximum absolute atomic E-state index is 12.9. The number of aliphatic imine (C=N–C) groups is 1. The molecule has 2 N–H and O–H groups in total. The van der Waals surface area contributed by atoms with Crippen molar-refractivity contribution in [3.63, 3.8) is 0 Å². The smallest absolute Gasteiger partial charge is 0.416 e. The van der Waals surface area contributed by atoms with Gasteiger partial charge in [-0.05, 0) is 6.08 Å². The molecule has 0 spiro atoms. The fourth-order valence-corrected chi connectivity index (χ4v) is 2.19. The van der Waals surface area contributed by atoms with Gasteiger partial charge in [0.25, 0.3) is 6.02 Å². The first-order valence-corrected chi connectivity index (χ1v) is 5.68. The van der Waals surface area contributed by atoms with Gasteiger partial charge in [0.05, 0.1) is 11.6 Å². The van der Waals surface area contributed by atoms with Crippen molar-refractivity contribution >= 4 is 6.02 Å². The Morgan fingerprint density at radius 2 is 1.76 bits per heavy atom. The van der Waals surface area contributed by atoms with Gasteiger partial charge >= 0.3 is 12.4 Å². The van der Waals surface area contributed by atoms with E-state index in [0.717, 1.165) is 7.05 Å². The number of allylic oxidation sites excluding steroid dienone is 2. The molecule has 1 aliphatic carbocycles. The lowest BCUT2D eigenvalue weighted by Crippen LogP contribution is -2.50. The summed E-state index contributed by atoms with van der Waals surface area (Å²) < 4.78 is 76.9. The Bertz CT molecular complexity index is 534. The fourth-order valence-electron chi connectivity index (χ4n) is 2.19. The van der Waals surface area contributed by atoms with Gasteiger partial charge < -0.3 is 15.1 Å². The number of alkyl halides is 6. The van der Waals surface area contributed by atoms with Gasteiger partial charge in [-0.2, -0.15) is 26.3 Å². The summed E-state index contributed by atoms with van der Waals surface area (Å²) in [5.74, 6) is -2.57. The number of hydrogen-bond donors (Lipinski definition) is 2. The lowest BCUT2D eigenvalue weighted by Gasteiger charge is -2.39. The maximum atomic E-state index is 12.9. The molecule has 0 aromatic heterocycles. The summed E-state index contributed by atoms with van der Waals surface area (Å²) in [5, 5.41) is 19.1. The zero-order valence-corrected chi connectivity index (χ0v) is 10.4. The number of likely N-dealkylation sites (N-methyl/N-ethyl adjacent to an activating group) is 1. The van der Waals surface area contributed by atoms with Gasteiger partial charge in [0.1, 0.15) is 5.92 Å². The maximum Gasteiger partial charge on any atom is 0.416 e. The molecule has 10 heteroatoms. The Labute approximate surface area is 114 Å². The zero-order chi connectivity index (χ0) is 16.2. The van der Waals surface area contributed by atoms with Crippen LogP contribution >= 0.6 is 0 Å². The minimum Gasteiger partial charge on any atom is -0.481 e. The van der Waals surface area contributed by atoms with Crippen LogP contribution in [0.25, 0.3) is 0 Å². The molecule has 0 bridgehead atoms. The molecule has 3 atom stereocenters. The van der Waals surface area contributed by atoms with Crippen molar-refractivity contribution in [1.82, 2.24) is 4.90 Å². The van der Waals surface area contributed by atoms with Crippen LogP contribution in [0.5, 0.6) is 0 Å². The summed E-state index contributed by atoms with van der Waals surface area (Å²) in [6, 6.07) is -2.69. The van der Waals surface area contributed by atoms with Crippen LogP contribution in [0.3, 0.4) is 0 Å². The second-order valence-electron chi connectivity index (χ2n) is 4.69. The van der Waals surface area contributed by atoms with E-state index in [1.807, 2.05) is 0 Å². The van der Waals surface area contributed by atoms with Gasteiger partial charge in [0, 0.05) is 12.6 Å². The van der Waals surface area contributed by atoms with Gasteiger partial charge in [-0.3, -0.25) is 0 Å². The SMILES string of the molecule is CN1C(O)=NC2C(=CC(C(F)(F)F)=CC2C(F)(F)F)C1O. The average Bonchev–Trinajstić information content (AvgIpc) is 2.32. The van der Waals surface area contributed by atoms with E-state index in [4.69, 9.17) is 0 Å². The van der Waals surface area contributed by atoms with Crippen LogP contribution in [-0.4, -0.2) is 52.8 Å². The zero-order valence-electron chi connectivity index (χ0n) is 10.4. The monoisotopic (exact) mass is 316 g/mol. The van der Waals surface area contributed by atoms with Crippen LogP contribution in [0, 0.1) is 5.92 Å². The lowest BCUT2D eigenvalue weighted by atomic mass is 9.83. The number of fused-ring (bicyclic) bond motifs is 1. The van der Waals surface area contributed by atoms with Crippen LogP contribution in [0.15, 0.2) is 28.3 Å². The minimum absolute atomic E-state index is 0.0169. The molecule has 21 heavy (non-hydrogen) atoms. The number of rotatable bonds is 0. The topological polar surface area (TPSA) is 56.1 Å². The molecular weight excluding hydrogens is 306 g/mol. The highest BCUT2D eigenvalue weighted by atomic mass is 19.4. The molecule has 0 radical (unpaired) electrons. The van der Waals surface area contributed by atoms with E-state index in [9.17, 15) is 36.6 Å². The molecule has 0 aromatic carbocycles. The molecule has 0 saturated heterocycles. The number of halogens is 6. The third kappa shape index (κ3) is 2.71. The first kappa shape index (κ1) is 15.7. The van der Waals surface area contributed by atoms with E-state index < -0.39 is 47.7 Å². The number of aliphatic hydroxyl groups is 2. The standard InChI is InChI=1S/C11H10F6N2O2/c1-19-8(20)5-2-4(10(12,13)14)3-6(11(15,16)17)7(5)18-9(19)21/h2-3,6-8,20H,1H3,(H,18,21). The molecule has 1 aliphatic heterocycles. The van der Waals surface area contributed by atoms with Gasteiger partial charge in [-0.25, -0.2) is 4.99 Å². The Balaban J connectivity index is 2.58. The summed E-state index contributed by atoms with van der Waals surface area (Å²) in [4.78, 5) is 4.01. The second-order valence-corrected chi connectivity index (χ2v) is 4.69. The third-order valence-electron chi connectivity index (χ3n) is 3.30. The molecule has 0 amide bonds. The van der Waals surface area contributed by atoms with Crippen LogP contribution < -0.4 is 0 Å². The van der Waals surface area contributed by atoms with Crippen molar-refractivity contribution in [3.8, 4) is 0 Å². The largest absolute Gasteiger partial charge is 0.481 e. The van der Waals surface area contributed by atoms with Crippen LogP contribution in [0.1, 0.15) is 0 Å². The van der Waals surface area contributed by atoms with Crippen molar-refractivity contribution in [3.05, 3.63) is 23.3 Å². The van der Waals surface area contributed by atoms with Crippen LogP contribution in [0.2, 0.25) is 0 Å². The lowest BCUT2D eigenvalue weighted by molar-refractivity contribution is -0.167. The minimum atomic E-state index is -5.00. The quantitative estimate of drug-likeness (QED) is 0.673. The van der Waals surface area contributed by atoms with Crippen molar-refractivity contribution in [1.29, 1.82) is 0 Å². The highest BCUT2D eigenvalue weighted by Crippen LogP contribution is 2.44. The summed E-state index contributed by atoms with van der Waals surface area (Å²) >= 11 is 0. The summed E-state index contributed by atoms with van der Waals surface area (Å²) in [6.07, 6.45) is -11.3. The van der Waals surface area contributed by atoms with Gasteiger partial charge in [-0.15, -0.1) is 0 Å². The Morgan fingerprint density at radius 1 is 1.19 bits per heavy atom. The Hall–Kier alpha value is -1.71. The Morgan fingerprint density at radius 3 is 2.24 bits per heavy atom. The van der Waals surface area contributed by atoms with Crippen LogP contribution in [0.4, 0.5) is 26.3 Å². The second kappa shape index (κ2) is 4.65. The molecule has 0 fully saturated rings. The number of aliphatic hydroxyl groups excluding tert-OH is 2. The molecule has 0 aromatic rings. The van der Waals surface area contributed by atoms with Crippen molar-refractivity contribution in [2.45, 2.75) is 24.6 Å². The molecule has 2 rings (SSSR count). The summed E-state index contributed by atoms with van der Waals surface area (Å²) in [6.45, 7) is 0. The Kier molecular flexibility index (Phi) is 3.47. The van der Waals surface area contributed by atoms with E-state index in [1.165, 1.54) is 0 Å². The van der Waals surface area contributed by atoms with E-state index in [0.29, 0.717) is 11.0 Å². The highest BCUT2D eigenvalue weighted by molar-refractivity contribution is 5.74. The molecule has 3 unspecified atom stereocenters. The predicted molar refractivity (Wildman–Crippen MR) is 59.4 cm³/mol. The predicted octanol–water partition coefficient (Wildman–Crippen LogP) is 2.14. The first-order chi connectivity index (χ1) is 9.43. The highest BCUT2D eigenvalue weighted by Gasteiger charge is 2.52. The van der Waals surface area contributed by atoms with Gasteiger partial charge in [-0.1, -0.05) is 6.08 Å². The molecule has 0 saturated carbocycles. The van der Waals surface area contributed by atoms with Gasteiger partial charge in [0.2, 0.25) is 0 Å². The molecule has 4 nitrogen and oxygen atoms in total. The fraction of sp³-hybridized carbons (Fsp3) is 0.545. The number of nitrogens with zero attached hydrogens (tertiary/aromatic N) is 2. The third-order valence-corrected chi connectivity index (χ3v) is 3.30. The molecule has 1 heterocycles. The molecule has 2 aliphatic rings. The molecular formula is C11H10F6N2O2. The summed E-state index contributed by atoms with van der Waals surface area (Å²) in [5.41, 5.74) is -2.06. The number of amidine groups is 1. The van der Waals surface area contributed by atoms with Crippen molar-refractivity contribution in [2.75, 3.05) is 7.05 Å². The molecule has 118 valence electrons. The van der Waals surface area contributed by atoms with E-state index >= 15 is 0 Å². The normalized spacial score (nSPS) is 30.4. The summed E-state index contributed by atoms with van der Waals surface area (Å²) in [7, 11) is 1.09. The van der Waals surface area contributed by atoms with Crippen LogP contribution in [-0.2, 0) is 0 Å². The van der Waals surface area contributed by atoms with E-state index in [-0.39, 0.29) is 6.08 Å². The van der Waals surface area contributed by atoms with E-state index in [1.54, 1.807) is 0 Å².